The lowest BCUT2D eigenvalue weighted by Crippen LogP contribution is -2.28. The molecule has 0 fully saturated rings. The number of anilines is 2. The zero-order valence-electron chi connectivity index (χ0n) is 18.9. The van der Waals surface area contributed by atoms with E-state index in [1.165, 1.54) is 11.1 Å². The van der Waals surface area contributed by atoms with E-state index in [2.05, 4.69) is 72.0 Å². The van der Waals surface area contributed by atoms with Crippen LogP contribution in [0.25, 0.3) is 11.2 Å². The van der Waals surface area contributed by atoms with E-state index < -0.39 is 0 Å². The van der Waals surface area contributed by atoms with Gasteiger partial charge in [0.25, 0.3) is 0 Å². The van der Waals surface area contributed by atoms with Gasteiger partial charge in [0.1, 0.15) is 0 Å². The van der Waals surface area contributed by atoms with Gasteiger partial charge in [0, 0.05) is 25.7 Å². The molecular weight excluding hydrogens is 400 g/mol. The first-order chi connectivity index (χ1) is 15.5. The average Bonchev–Trinajstić information content (AvgIpc) is 3.23. The highest BCUT2D eigenvalue weighted by atomic mass is 16.3. The fourth-order valence-corrected chi connectivity index (χ4v) is 3.61. The second-order valence-electron chi connectivity index (χ2n) is 8.26. The molecule has 0 spiro atoms. The lowest BCUT2D eigenvalue weighted by molar-refractivity contribution is 0.301. The molecule has 0 saturated carbocycles. The van der Waals surface area contributed by atoms with Crippen molar-refractivity contribution in [1.29, 1.82) is 0 Å². The number of nitrogens with zero attached hydrogens (tertiary/aromatic N) is 5. The first kappa shape index (κ1) is 21.8. The highest BCUT2D eigenvalue weighted by Gasteiger charge is 2.18. The van der Waals surface area contributed by atoms with E-state index in [9.17, 15) is 5.11 Å². The third kappa shape index (κ3) is 4.89. The molecule has 166 valence electrons. The van der Waals surface area contributed by atoms with Crippen molar-refractivity contribution in [3.63, 3.8) is 0 Å². The Labute approximate surface area is 188 Å². The van der Waals surface area contributed by atoms with E-state index in [-0.39, 0.29) is 12.6 Å². The number of nitrogens with one attached hydrogen (secondary N) is 1. The molecule has 0 saturated heterocycles. The first-order valence-electron chi connectivity index (χ1n) is 11.0. The highest BCUT2D eigenvalue weighted by Crippen LogP contribution is 2.26. The molecule has 0 radical (unpaired) electrons. The molecule has 7 heteroatoms. The Morgan fingerprint density at radius 2 is 1.75 bits per heavy atom. The number of rotatable bonds is 9. The fraction of sp³-hybridized carbons (Fsp3) is 0.320. The van der Waals surface area contributed by atoms with Gasteiger partial charge < -0.3 is 19.9 Å². The standard InChI is InChI=1S/C25H30N6O/c1-18(2)31-17-27-22-23(26-15-20-11-9-19(3)10-12-20)28-25(29-24(22)31)30(13-14-32)16-21-7-5-4-6-8-21/h4-12,17-18,32H,13-16H2,1-3H3,(H,26,28,29). The van der Waals surface area contributed by atoms with Gasteiger partial charge in [0.2, 0.25) is 5.95 Å². The maximum Gasteiger partial charge on any atom is 0.229 e. The first-order valence-corrected chi connectivity index (χ1v) is 11.0. The predicted octanol–water partition coefficient (Wildman–Crippen LogP) is 4.33. The minimum Gasteiger partial charge on any atom is -0.395 e. The van der Waals surface area contributed by atoms with Gasteiger partial charge in [-0.05, 0) is 31.9 Å². The van der Waals surface area contributed by atoms with Crippen molar-refractivity contribution in [2.45, 2.75) is 39.9 Å². The Balaban J connectivity index is 1.72. The molecule has 0 amide bonds. The molecule has 2 heterocycles. The van der Waals surface area contributed by atoms with Crippen LogP contribution in [0.5, 0.6) is 0 Å². The number of aliphatic hydroxyl groups excluding tert-OH is 1. The number of aromatic nitrogens is 4. The van der Waals surface area contributed by atoms with Crippen LogP contribution in [-0.4, -0.2) is 37.8 Å². The molecule has 32 heavy (non-hydrogen) atoms. The van der Waals surface area contributed by atoms with Gasteiger partial charge in [-0.15, -0.1) is 0 Å². The fourth-order valence-electron chi connectivity index (χ4n) is 3.61. The summed E-state index contributed by atoms with van der Waals surface area (Å²) in [7, 11) is 0. The average molecular weight is 431 g/mol. The van der Waals surface area contributed by atoms with Crippen LogP contribution >= 0.6 is 0 Å². The Bertz CT molecular complexity index is 1150. The molecule has 0 aliphatic heterocycles. The Kier molecular flexibility index (Phi) is 6.66. The number of hydrogen-bond donors (Lipinski definition) is 2. The maximum absolute atomic E-state index is 9.71. The predicted molar refractivity (Wildman–Crippen MR) is 129 cm³/mol. The van der Waals surface area contributed by atoms with Crippen molar-refractivity contribution in [3.05, 3.63) is 77.6 Å². The van der Waals surface area contributed by atoms with Gasteiger partial charge in [-0.1, -0.05) is 60.2 Å². The Morgan fingerprint density at radius 1 is 1.00 bits per heavy atom. The Morgan fingerprint density at radius 3 is 2.44 bits per heavy atom. The van der Waals surface area contributed by atoms with Gasteiger partial charge in [0.05, 0.1) is 12.9 Å². The number of aryl methyl sites for hydroxylation is 1. The summed E-state index contributed by atoms with van der Waals surface area (Å²) >= 11 is 0. The largest absolute Gasteiger partial charge is 0.395 e. The molecule has 0 atom stereocenters. The highest BCUT2D eigenvalue weighted by molar-refractivity contribution is 5.84. The summed E-state index contributed by atoms with van der Waals surface area (Å²) in [6.07, 6.45) is 1.82. The van der Waals surface area contributed by atoms with E-state index >= 15 is 0 Å². The number of hydrogen-bond acceptors (Lipinski definition) is 6. The normalized spacial score (nSPS) is 11.3. The third-order valence-corrected chi connectivity index (χ3v) is 5.42. The zero-order chi connectivity index (χ0) is 22.5. The molecule has 0 aliphatic rings. The summed E-state index contributed by atoms with van der Waals surface area (Å²) < 4.78 is 2.05. The number of imidazole rings is 1. The van der Waals surface area contributed by atoms with E-state index in [0.717, 1.165) is 16.7 Å². The lowest BCUT2D eigenvalue weighted by Gasteiger charge is -2.23. The second kappa shape index (κ2) is 9.78. The van der Waals surface area contributed by atoms with Gasteiger partial charge in [-0.2, -0.15) is 9.97 Å². The van der Waals surface area contributed by atoms with Gasteiger partial charge in [-0.3, -0.25) is 0 Å². The quantitative estimate of drug-likeness (QED) is 0.412. The van der Waals surface area contributed by atoms with Crippen molar-refractivity contribution in [3.8, 4) is 0 Å². The summed E-state index contributed by atoms with van der Waals surface area (Å²) in [6.45, 7) is 8.00. The van der Waals surface area contributed by atoms with E-state index in [1.807, 2.05) is 29.4 Å². The number of fused-ring (bicyclic) bond motifs is 1. The smallest absolute Gasteiger partial charge is 0.229 e. The van der Waals surface area contributed by atoms with Crippen LogP contribution in [0.1, 0.15) is 36.6 Å². The Hall–Kier alpha value is -3.45. The molecule has 2 aromatic carbocycles. The topological polar surface area (TPSA) is 79.1 Å². The van der Waals surface area contributed by atoms with Gasteiger partial charge in [-0.25, -0.2) is 4.98 Å². The molecule has 2 aromatic heterocycles. The lowest BCUT2D eigenvalue weighted by atomic mass is 10.1. The maximum atomic E-state index is 9.71. The molecule has 7 nitrogen and oxygen atoms in total. The van der Waals surface area contributed by atoms with Crippen LogP contribution < -0.4 is 10.2 Å². The van der Waals surface area contributed by atoms with E-state index in [4.69, 9.17) is 9.97 Å². The molecule has 2 N–H and O–H groups in total. The summed E-state index contributed by atoms with van der Waals surface area (Å²) in [4.78, 5) is 16.3. The van der Waals surface area contributed by atoms with Crippen LogP contribution in [-0.2, 0) is 13.1 Å². The minimum atomic E-state index is 0.0177. The molecule has 0 bridgehead atoms. The van der Waals surface area contributed by atoms with Crippen molar-refractivity contribution in [2.24, 2.45) is 0 Å². The summed E-state index contributed by atoms with van der Waals surface area (Å²) in [6, 6.07) is 18.8. The van der Waals surface area contributed by atoms with Crippen molar-refractivity contribution < 1.29 is 5.11 Å². The third-order valence-electron chi connectivity index (χ3n) is 5.42. The number of benzene rings is 2. The van der Waals surface area contributed by atoms with Crippen molar-refractivity contribution in [2.75, 3.05) is 23.4 Å². The monoisotopic (exact) mass is 430 g/mol. The summed E-state index contributed by atoms with van der Waals surface area (Å²) in [5.41, 5.74) is 5.07. The summed E-state index contributed by atoms with van der Waals surface area (Å²) in [5, 5.41) is 13.2. The van der Waals surface area contributed by atoms with Crippen LogP contribution in [0.15, 0.2) is 60.9 Å². The molecule has 0 aliphatic carbocycles. The minimum absolute atomic E-state index is 0.0177. The van der Waals surface area contributed by atoms with E-state index in [0.29, 0.717) is 31.4 Å². The van der Waals surface area contributed by atoms with Gasteiger partial charge >= 0.3 is 0 Å². The molecule has 4 aromatic rings. The second-order valence-corrected chi connectivity index (χ2v) is 8.26. The molecule has 4 rings (SSSR count). The SMILES string of the molecule is Cc1ccc(CNc2nc(N(CCO)Cc3ccccc3)nc3c2ncn3C(C)C)cc1. The molecule has 0 unspecified atom stereocenters. The van der Waals surface area contributed by atoms with Crippen molar-refractivity contribution in [1.82, 2.24) is 19.5 Å². The van der Waals surface area contributed by atoms with E-state index in [1.54, 1.807) is 0 Å². The van der Waals surface area contributed by atoms with Crippen LogP contribution in [0.3, 0.4) is 0 Å². The van der Waals surface area contributed by atoms with Crippen LogP contribution in [0.4, 0.5) is 11.8 Å². The van der Waals surface area contributed by atoms with Gasteiger partial charge in [0.15, 0.2) is 17.0 Å². The zero-order valence-corrected chi connectivity index (χ0v) is 18.9. The molecular formula is C25H30N6O. The summed E-state index contributed by atoms with van der Waals surface area (Å²) in [5.74, 6) is 1.27. The van der Waals surface area contributed by atoms with Crippen LogP contribution in [0, 0.1) is 6.92 Å². The van der Waals surface area contributed by atoms with Crippen molar-refractivity contribution >= 4 is 22.9 Å². The number of aliphatic hydroxyl groups is 1. The van der Waals surface area contributed by atoms with Crippen LogP contribution in [0.2, 0.25) is 0 Å².